The molecule has 8 bridgehead atoms. The van der Waals surface area contributed by atoms with E-state index in [1.165, 1.54) is 0 Å². The molecule has 0 aromatic heterocycles. The normalized spacial score (nSPS) is 33.7. The molecule has 1 aliphatic carbocycles. The third-order valence-corrected chi connectivity index (χ3v) is 14.9. The second-order valence-corrected chi connectivity index (χ2v) is 19.3. The van der Waals surface area contributed by atoms with Crippen molar-refractivity contribution in [2.24, 2.45) is 26.8 Å². The van der Waals surface area contributed by atoms with Crippen molar-refractivity contribution in [3.63, 3.8) is 0 Å². The number of aliphatic imine (C=N–C) groups is 3. The van der Waals surface area contributed by atoms with E-state index in [9.17, 15) is 45.6 Å². The zero-order valence-electron chi connectivity index (χ0n) is 40.5. The second-order valence-electron chi connectivity index (χ2n) is 19.3. The maximum absolute atomic E-state index is 13.9. The molecule has 0 radical (unpaired) electrons. The largest absolute Gasteiger partial charge is 0.511 e. The van der Waals surface area contributed by atoms with Crippen LogP contribution in [0.1, 0.15) is 99.8 Å². The summed E-state index contributed by atoms with van der Waals surface area (Å²) >= 11 is 0. The van der Waals surface area contributed by atoms with Crippen LogP contribution in [0.4, 0.5) is 0 Å². The number of aliphatic hydroxyl groups is 8. The highest BCUT2D eigenvalue weighted by molar-refractivity contribution is 6.21. The van der Waals surface area contributed by atoms with E-state index in [4.69, 9.17) is 33.9 Å². The molecule has 0 aromatic carbocycles. The molecule has 7 aliphatic heterocycles. The lowest BCUT2D eigenvalue weighted by atomic mass is 9.86. The van der Waals surface area contributed by atoms with E-state index in [1.807, 2.05) is 13.0 Å². The summed E-state index contributed by atoms with van der Waals surface area (Å²) in [5, 5.41) is 91.2. The van der Waals surface area contributed by atoms with Crippen LogP contribution in [0.15, 0.2) is 106 Å². The van der Waals surface area contributed by atoms with Crippen LogP contribution in [-0.4, -0.2) is 151 Å². The first-order chi connectivity index (χ1) is 33.0. The number of allylic oxidation sites excluding steroid dienone is 11. The summed E-state index contributed by atoms with van der Waals surface area (Å²) in [5.41, 5.74) is 12.8. The van der Waals surface area contributed by atoms with Gasteiger partial charge in [0.15, 0.2) is 12.5 Å². The maximum Gasteiger partial charge on any atom is 0.222 e. The van der Waals surface area contributed by atoms with E-state index in [0.717, 1.165) is 99.8 Å². The minimum Gasteiger partial charge on any atom is -0.511 e. The van der Waals surface area contributed by atoms with E-state index >= 15 is 0 Å². The van der Waals surface area contributed by atoms with Crippen molar-refractivity contribution in [1.82, 2.24) is 10.6 Å². The Morgan fingerprint density at radius 1 is 0.855 bits per heavy atom. The minimum absolute atomic E-state index is 0.0546. The molecule has 0 saturated carbocycles. The van der Waals surface area contributed by atoms with Gasteiger partial charge < -0.3 is 70.4 Å². The first kappa shape index (κ1) is 50.9. The lowest BCUT2D eigenvalue weighted by molar-refractivity contribution is -0.343. The Morgan fingerprint density at radius 2 is 1.58 bits per heavy atom. The van der Waals surface area contributed by atoms with Gasteiger partial charge in [-0.2, -0.15) is 0 Å². The van der Waals surface area contributed by atoms with E-state index in [0.29, 0.717) is 30.0 Å². The van der Waals surface area contributed by atoms with Gasteiger partial charge in [-0.05, 0) is 87.5 Å². The molecule has 1 unspecified atom stereocenters. The average molecular weight is 960 g/mol. The number of aliphatic hydroxyl groups excluding tert-OH is 8. The predicted octanol–water partition coefficient (Wildman–Crippen LogP) is 3.16. The third-order valence-electron chi connectivity index (χ3n) is 14.9. The van der Waals surface area contributed by atoms with Gasteiger partial charge in [0.25, 0.3) is 0 Å². The van der Waals surface area contributed by atoms with Crippen molar-refractivity contribution in [3.8, 4) is 0 Å². The first-order valence-electron chi connectivity index (χ1n) is 24.5. The van der Waals surface area contributed by atoms with Gasteiger partial charge in [0.1, 0.15) is 54.6 Å². The van der Waals surface area contributed by atoms with E-state index in [2.05, 4.69) is 64.3 Å². The molecule has 10 N–H and O–H groups in total. The number of amides is 1. The fourth-order valence-corrected chi connectivity index (χ4v) is 10.7. The summed E-state index contributed by atoms with van der Waals surface area (Å²) in [6.45, 7) is 13.7. The highest BCUT2D eigenvalue weighted by atomic mass is 16.7. The van der Waals surface area contributed by atoms with E-state index < -0.39 is 80.5 Å². The Hall–Kier alpha value is -4.44. The lowest BCUT2D eigenvalue weighted by Crippen LogP contribution is -2.66. The van der Waals surface area contributed by atoms with Crippen LogP contribution in [0.3, 0.4) is 0 Å². The Bertz CT molecular complexity index is 2420. The fraction of sp³-hybridized carbons (Fsp3) is 0.608. The van der Waals surface area contributed by atoms with Gasteiger partial charge in [-0.3, -0.25) is 4.79 Å². The van der Waals surface area contributed by atoms with Crippen molar-refractivity contribution in [1.29, 1.82) is 0 Å². The molecule has 3 fully saturated rings. The zero-order chi connectivity index (χ0) is 49.6. The highest BCUT2D eigenvalue weighted by Crippen LogP contribution is 2.47. The monoisotopic (exact) mass is 959 g/mol. The number of hydrogen-bond donors (Lipinski definition) is 10. The number of carbonyl (C=O) groups excluding carboxylic acids is 1. The third kappa shape index (κ3) is 9.70. The van der Waals surface area contributed by atoms with Gasteiger partial charge in [0, 0.05) is 59.4 Å². The molecule has 18 nitrogen and oxygen atoms in total. The van der Waals surface area contributed by atoms with Crippen LogP contribution < -0.4 is 10.6 Å². The van der Waals surface area contributed by atoms with Crippen LogP contribution >= 0.6 is 0 Å². The molecule has 3 saturated heterocycles. The van der Waals surface area contributed by atoms with Gasteiger partial charge in [0.05, 0.1) is 53.5 Å². The summed E-state index contributed by atoms with van der Waals surface area (Å²) < 4.78 is 23.4. The lowest BCUT2D eigenvalue weighted by Gasteiger charge is -2.46. The molecule has 1 amide bonds. The van der Waals surface area contributed by atoms with Crippen LogP contribution in [-0.2, 0) is 23.7 Å². The van der Waals surface area contributed by atoms with Crippen molar-refractivity contribution >= 4 is 23.0 Å². The van der Waals surface area contributed by atoms with E-state index in [1.54, 1.807) is 0 Å². The number of unbranched alkanes of at least 4 members (excludes halogenated alkanes) is 3. The molecule has 0 spiro atoms. The van der Waals surface area contributed by atoms with Crippen molar-refractivity contribution in [3.05, 3.63) is 91.5 Å². The SMILES string of the molecule is CCCCCCOC(C)C1=C(C)C2=NC1=CC1=NC(=CC3=C(C)C4=C(O)CC(=C5NC(=C2)[C@@H](C)[C@@H]5CCC(=O)N[C@@H]2O[C@H](CO)[C@@H](O[C@@H]5O[C@H](CO)[C@@H](O)[C@H](O)[C@H]5O)[C@H](O)[C@H]2O)C4=N3)C(CC)=C1C. The molecule has 8 aliphatic rings. The minimum atomic E-state index is -1.81. The Labute approximate surface area is 402 Å². The van der Waals surface area contributed by atoms with Crippen molar-refractivity contribution in [2.45, 2.75) is 167 Å². The topological polar surface area (TPSA) is 277 Å². The van der Waals surface area contributed by atoms with Gasteiger partial charge in [-0.1, -0.05) is 40.0 Å². The molecular formula is C51H69N5O13. The second kappa shape index (κ2) is 21.1. The quantitative estimate of drug-likeness (QED) is 0.0997. The molecule has 18 heteroatoms. The molecule has 7 heterocycles. The average Bonchev–Trinajstić information content (AvgIpc) is 4.09. The van der Waals surface area contributed by atoms with Gasteiger partial charge in [-0.25, -0.2) is 15.0 Å². The molecule has 376 valence electrons. The van der Waals surface area contributed by atoms with Crippen LogP contribution in [0.25, 0.3) is 0 Å². The van der Waals surface area contributed by atoms with Gasteiger partial charge in [0.2, 0.25) is 5.91 Å². The Kier molecular flexibility index (Phi) is 15.6. The Balaban J connectivity index is 1.07. The van der Waals surface area contributed by atoms with E-state index in [-0.39, 0.29) is 36.5 Å². The summed E-state index contributed by atoms with van der Waals surface area (Å²) in [4.78, 5) is 29.4. The number of hydrogen-bond acceptors (Lipinski definition) is 17. The first-order valence-corrected chi connectivity index (χ1v) is 24.5. The maximum atomic E-state index is 13.9. The van der Waals surface area contributed by atoms with Crippen molar-refractivity contribution < 1.29 is 64.6 Å². The molecule has 69 heavy (non-hydrogen) atoms. The smallest absolute Gasteiger partial charge is 0.222 e. The van der Waals surface area contributed by atoms with Crippen LogP contribution in [0.5, 0.6) is 0 Å². The summed E-state index contributed by atoms with van der Waals surface area (Å²) in [7, 11) is 0. The van der Waals surface area contributed by atoms with Gasteiger partial charge >= 0.3 is 0 Å². The number of carbonyl (C=O) groups is 1. The predicted molar refractivity (Wildman–Crippen MR) is 255 cm³/mol. The van der Waals surface area contributed by atoms with Crippen molar-refractivity contribution in [2.75, 3.05) is 19.8 Å². The van der Waals surface area contributed by atoms with Gasteiger partial charge in [-0.15, -0.1) is 0 Å². The number of nitrogens with one attached hydrogen (secondary N) is 2. The standard InChI is InChI=1S/C51H69N5O13/c1-8-10-11-12-15-66-26(7)40-24(5)32-17-31-23(4)28(13-14-39(60)56-50-47(64)46(63)49(38(21-58)67-50)69-51-48(65)45(62)44(61)37(20-57)68-51)42(54-31)29-16-36(59)41-25(6)33(55-43(29)41)18-34-27(9-2)22(3)30(52-34)19-35(40)53-32/h17-19,23,26,28,37-38,44-51,54,57-59,61-65H,8-16,20-21H2,1-7H3,(H,56,60)/t23-,26?,28-,37+,38+,44+,45-,46+,47+,48+,49+,50+,51-/m0/s1. The number of nitrogens with zero attached hydrogens (tertiary/aromatic N) is 3. The molecule has 8 rings (SSSR count). The molecular weight excluding hydrogens is 891 g/mol. The summed E-state index contributed by atoms with van der Waals surface area (Å²) in [5.74, 6) is -0.762. The van der Waals surface area contributed by atoms with Crippen LogP contribution in [0, 0.1) is 11.8 Å². The zero-order valence-corrected chi connectivity index (χ0v) is 40.5. The fourth-order valence-electron chi connectivity index (χ4n) is 10.7. The number of ether oxygens (including phenoxy) is 4. The number of rotatable bonds is 16. The molecule has 13 atom stereocenters. The molecule has 0 aromatic rings. The summed E-state index contributed by atoms with van der Waals surface area (Å²) in [6.07, 6.45) is -4.66. The summed E-state index contributed by atoms with van der Waals surface area (Å²) in [6, 6.07) is 0. The highest BCUT2D eigenvalue weighted by Gasteiger charge is 2.51. The number of fused-ring (bicyclic) bond motifs is 5. The van der Waals surface area contributed by atoms with Crippen LogP contribution in [0.2, 0.25) is 0 Å². The Morgan fingerprint density at radius 3 is 2.29 bits per heavy atom.